The lowest BCUT2D eigenvalue weighted by molar-refractivity contribution is -0.114. The standard InChI is InChI=1S/C9H13N3O/c1-7(13)11-8-5-10-12(6-8)9-3-2-4-9/h5-6,9H,2-4H2,1H3,(H,11,13). The fourth-order valence-electron chi connectivity index (χ4n) is 1.46. The van der Waals surface area contributed by atoms with Crippen molar-refractivity contribution in [2.45, 2.75) is 32.2 Å². The molecular formula is C9H13N3O. The maximum absolute atomic E-state index is 10.7. The molecule has 1 aromatic heterocycles. The van der Waals surface area contributed by atoms with E-state index in [0.29, 0.717) is 6.04 Å². The molecule has 0 aliphatic heterocycles. The first kappa shape index (κ1) is 8.29. The number of hydrogen-bond donors (Lipinski definition) is 1. The minimum atomic E-state index is -0.0480. The zero-order chi connectivity index (χ0) is 9.26. The van der Waals surface area contributed by atoms with E-state index in [2.05, 4.69) is 10.4 Å². The van der Waals surface area contributed by atoms with E-state index in [-0.39, 0.29) is 5.91 Å². The molecule has 1 aliphatic carbocycles. The van der Waals surface area contributed by atoms with Crippen LogP contribution in [0.3, 0.4) is 0 Å². The van der Waals surface area contributed by atoms with Crippen molar-refractivity contribution < 1.29 is 4.79 Å². The molecule has 1 aliphatic rings. The number of aromatic nitrogens is 2. The predicted octanol–water partition coefficient (Wildman–Crippen LogP) is 1.57. The average molecular weight is 179 g/mol. The van der Waals surface area contributed by atoms with Crippen LogP contribution in [0.5, 0.6) is 0 Å². The summed E-state index contributed by atoms with van der Waals surface area (Å²) in [5.41, 5.74) is 0.791. The molecule has 1 amide bonds. The van der Waals surface area contributed by atoms with Gasteiger partial charge in [0, 0.05) is 13.1 Å². The molecule has 70 valence electrons. The monoisotopic (exact) mass is 179 g/mol. The smallest absolute Gasteiger partial charge is 0.221 e. The van der Waals surface area contributed by atoms with Crippen molar-refractivity contribution in [1.29, 1.82) is 0 Å². The normalized spacial score (nSPS) is 16.7. The van der Waals surface area contributed by atoms with E-state index in [4.69, 9.17) is 0 Å². The molecule has 2 rings (SSSR count). The number of amides is 1. The van der Waals surface area contributed by atoms with Crippen molar-refractivity contribution in [3.63, 3.8) is 0 Å². The highest BCUT2D eigenvalue weighted by atomic mass is 16.1. The fraction of sp³-hybridized carbons (Fsp3) is 0.556. The van der Waals surface area contributed by atoms with Gasteiger partial charge in [-0.3, -0.25) is 9.48 Å². The van der Waals surface area contributed by atoms with Gasteiger partial charge in [-0.2, -0.15) is 5.10 Å². The number of anilines is 1. The van der Waals surface area contributed by atoms with E-state index in [1.165, 1.54) is 26.2 Å². The first-order valence-electron chi connectivity index (χ1n) is 4.57. The van der Waals surface area contributed by atoms with Gasteiger partial charge in [0.25, 0.3) is 0 Å². The Labute approximate surface area is 76.9 Å². The molecule has 0 spiro atoms. The molecule has 1 aromatic rings. The van der Waals surface area contributed by atoms with Gasteiger partial charge in [0.2, 0.25) is 5.91 Å². The minimum absolute atomic E-state index is 0.0480. The molecule has 0 bridgehead atoms. The molecule has 1 saturated carbocycles. The zero-order valence-electron chi connectivity index (χ0n) is 7.66. The van der Waals surface area contributed by atoms with Gasteiger partial charge >= 0.3 is 0 Å². The third-order valence-corrected chi connectivity index (χ3v) is 2.37. The molecule has 1 N–H and O–H groups in total. The molecule has 4 nitrogen and oxygen atoms in total. The molecule has 0 radical (unpaired) electrons. The minimum Gasteiger partial charge on any atom is -0.324 e. The van der Waals surface area contributed by atoms with E-state index < -0.39 is 0 Å². The third kappa shape index (κ3) is 1.71. The third-order valence-electron chi connectivity index (χ3n) is 2.37. The number of nitrogens with one attached hydrogen (secondary N) is 1. The Hall–Kier alpha value is -1.32. The van der Waals surface area contributed by atoms with E-state index in [1.807, 2.05) is 10.9 Å². The van der Waals surface area contributed by atoms with Crippen molar-refractivity contribution >= 4 is 11.6 Å². The molecule has 4 heteroatoms. The summed E-state index contributed by atoms with van der Waals surface area (Å²) >= 11 is 0. The van der Waals surface area contributed by atoms with Gasteiger partial charge in [0.15, 0.2) is 0 Å². The molecule has 0 unspecified atom stereocenters. The number of hydrogen-bond acceptors (Lipinski definition) is 2. The predicted molar refractivity (Wildman–Crippen MR) is 49.4 cm³/mol. The van der Waals surface area contributed by atoms with Crippen molar-refractivity contribution in [2.24, 2.45) is 0 Å². The van der Waals surface area contributed by atoms with Crippen molar-refractivity contribution in [2.75, 3.05) is 5.32 Å². The summed E-state index contributed by atoms with van der Waals surface area (Å²) in [6, 6.07) is 0.558. The molecule has 0 atom stereocenters. The number of carbonyl (C=O) groups is 1. The Bertz CT molecular complexity index is 314. The quantitative estimate of drug-likeness (QED) is 0.749. The van der Waals surface area contributed by atoms with Crippen LogP contribution in [-0.4, -0.2) is 15.7 Å². The van der Waals surface area contributed by atoms with Gasteiger partial charge in [-0.15, -0.1) is 0 Å². The molecular weight excluding hydrogens is 166 g/mol. The zero-order valence-corrected chi connectivity index (χ0v) is 7.66. The van der Waals surface area contributed by atoms with Crippen LogP contribution in [-0.2, 0) is 4.79 Å². The van der Waals surface area contributed by atoms with E-state index >= 15 is 0 Å². The molecule has 13 heavy (non-hydrogen) atoms. The van der Waals surface area contributed by atoms with Crippen molar-refractivity contribution in [3.8, 4) is 0 Å². The molecule has 1 heterocycles. The second-order valence-electron chi connectivity index (χ2n) is 3.47. The summed E-state index contributed by atoms with van der Waals surface area (Å²) < 4.78 is 1.94. The fourth-order valence-corrected chi connectivity index (χ4v) is 1.46. The average Bonchev–Trinajstić information content (AvgIpc) is 2.31. The van der Waals surface area contributed by atoms with Crippen LogP contribution in [0.2, 0.25) is 0 Å². The molecule has 1 fully saturated rings. The molecule has 0 aromatic carbocycles. The highest BCUT2D eigenvalue weighted by molar-refractivity contribution is 5.88. The van der Waals surface area contributed by atoms with Crippen molar-refractivity contribution in [1.82, 2.24) is 9.78 Å². The summed E-state index contributed by atoms with van der Waals surface area (Å²) in [5.74, 6) is -0.0480. The van der Waals surface area contributed by atoms with Crippen LogP contribution in [0.25, 0.3) is 0 Å². The van der Waals surface area contributed by atoms with Gasteiger partial charge in [-0.1, -0.05) is 0 Å². The van der Waals surface area contributed by atoms with Gasteiger partial charge < -0.3 is 5.32 Å². The Morgan fingerprint density at radius 2 is 2.46 bits per heavy atom. The van der Waals surface area contributed by atoms with Crippen LogP contribution in [0.4, 0.5) is 5.69 Å². The number of nitrogens with zero attached hydrogens (tertiary/aromatic N) is 2. The maximum Gasteiger partial charge on any atom is 0.221 e. The summed E-state index contributed by atoms with van der Waals surface area (Å²) in [4.78, 5) is 10.7. The Morgan fingerprint density at radius 3 is 3.00 bits per heavy atom. The topological polar surface area (TPSA) is 46.9 Å². The van der Waals surface area contributed by atoms with E-state index in [0.717, 1.165) is 5.69 Å². The number of rotatable bonds is 2. The Kier molecular flexibility index (Phi) is 2.04. The summed E-state index contributed by atoms with van der Waals surface area (Å²) in [7, 11) is 0. The van der Waals surface area contributed by atoms with E-state index in [9.17, 15) is 4.79 Å². The van der Waals surface area contributed by atoms with E-state index in [1.54, 1.807) is 6.20 Å². The Morgan fingerprint density at radius 1 is 1.69 bits per heavy atom. The van der Waals surface area contributed by atoms with Crippen molar-refractivity contribution in [3.05, 3.63) is 12.4 Å². The SMILES string of the molecule is CC(=O)Nc1cnn(C2CCC2)c1. The lowest BCUT2D eigenvalue weighted by Crippen LogP contribution is -2.17. The second-order valence-corrected chi connectivity index (χ2v) is 3.47. The highest BCUT2D eigenvalue weighted by Gasteiger charge is 2.19. The van der Waals surface area contributed by atoms with Crippen LogP contribution in [0.1, 0.15) is 32.2 Å². The Balaban J connectivity index is 2.04. The van der Waals surface area contributed by atoms with Crippen LogP contribution in [0, 0.1) is 0 Å². The first-order chi connectivity index (χ1) is 6.25. The van der Waals surface area contributed by atoms with Crippen LogP contribution in [0.15, 0.2) is 12.4 Å². The van der Waals surface area contributed by atoms with Crippen LogP contribution < -0.4 is 5.32 Å². The maximum atomic E-state index is 10.7. The lowest BCUT2D eigenvalue weighted by Gasteiger charge is -2.25. The van der Waals surface area contributed by atoms with Gasteiger partial charge in [-0.25, -0.2) is 0 Å². The van der Waals surface area contributed by atoms with Gasteiger partial charge in [0.1, 0.15) is 0 Å². The first-order valence-corrected chi connectivity index (χ1v) is 4.57. The van der Waals surface area contributed by atoms with Gasteiger partial charge in [0.05, 0.1) is 17.9 Å². The summed E-state index contributed by atoms with van der Waals surface area (Å²) in [6.07, 6.45) is 7.30. The summed E-state index contributed by atoms with van der Waals surface area (Å²) in [6.45, 7) is 1.50. The number of carbonyl (C=O) groups excluding carboxylic acids is 1. The largest absolute Gasteiger partial charge is 0.324 e. The van der Waals surface area contributed by atoms with Crippen LogP contribution >= 0.6 is 0 Å². The van der Waals surface area contributed by atoms with Gasteiger partial charge in [-0.05, 0) is 19.3 Å². The summed E-state index contributed by atoms with van der Waals surface area (Å²) in [5, 5.41) is 6.90. The molecule has 0 saturated heterocycles. The lowest BCUT2D eigenvalue weighted by atomic mass is 9.93. The highest BCUT2D eigenvalue weighted by Crippen LogP contribution is 2.31. The second kappa shape index (κ2) is 3.20.